The van der Waals surface area contributed by atoms with E-state index in [0.29, 0.717) is 25.2 Å². The molecule has 0 atom stereocenters. The average molecular weight is 292 g/mol. The van der Waals surface area contributed by atoms with Crippen molar-refractivity contribution in [3.8, 4) is 5.75 Å². The molecule has 0 aromatic heterocycles. The number of carbonyl (C=O) groups is 1. The topological polar surface area (TPSA) is 46.5 Å². The largest absolute Gasteiger partial charge is 0.507 e. The van der Waals surface area contributed by atoms with Crippen LogP contribution in [-0.4, -0.2) is 17.7 Å². The first-order chi connectivity index (χ1) is 9.66. The maximum absolute atomic E-state index is 11.5. The fourth-order valence-corrected chi connectivity index (χ4v) is 2.35. The first-order valence-electron chi connectivity index (χ1n) is 7.68. The summed E-state index contributed by atoms with van der Waals surface area (Å²) in [5.41, 5.74) is 2.83. The highest BCUT2D eigenvalue weighted by Gasteiger charge is 2.22. The fourth-order valence-electron chi connectivity index (χ4n) is 2.35. The minimum Gasteiger partial charge on any atom is -0.507 e. The molecule has 1 N–H and O–H groups in total. The molecule has 1 aromatic carbocycles. The van der Waals surface area contributed by atoms with Crippen LogP contribution in [-0.2, 0) is 21.4 Å². The molecule has 3 nitrogen and oxygen atoms in total. The monoisotopic (exact) mass is 292 g/mol. The summed E-state index contributed by atoms with van der Waals surface area (Å²) < 4.78 is 4.97. The summed E-state index contributed by atoms with van der Waals surface area (Å²) in [5, 5.41) is 10.5. The third-order valence-electron chi connectivity index (χ3n) is 3.55. The van der Waals surface area contributed by atoms with Crippen LogP contribution >= 0.6 is 0 Å². The van der Waals surface area contributed by atoms with Gasteiger partial charge < -0.3 is 9.84 Å². The molecule has 0 fully saturated rings. The van der Waals surface area contributed by atoms with Gasteiger partial charge in [-0.1, -0.05) is 46.8 Å². The number of carbonyl (C=O) groups excluding carboxylic acids is 1. The van der Waals surface area contributed by atoms with Crippen molar-refractivity contribution in [2.45, 2.75) is 65.7 Å². The lowest BCUT2D eigenvalue weighted by Crippen LogP contribution is -2.14. The summed E-state index contributed by atoms with van der Waals surface area (Å²) in [4.78, 5) is 11.5. The Labute approximate surface area is 128 Å². The first kappa shape index (κ1) is 17.5. The van der Waals surface area contributed by atoms with Crippen LogP contribution in [0.4, 0.5) is 0 Å². The second-order valence-electron chi connectivity index (χ2n) is 6.79. The van der Waals surface area contributed by atoms with Crippen molar-refractivity contribution in [3.05, 3.63) is 28.8 Å². The van der Waals surface area contributed by atoms with Gasteiger partial charge in [-0.15, -0.1) is 0 Å². The molecule has 0 amide bonds. The zero-order chi connectivity index (χ0) is 16.2. The second-order valence-corrected chi connectivity index (χ2v) is 6.79. The number of ether oxygens (including phenoxy) is 1. The summed E-state index contributed by atoms with van der Waals surface area (Å²) in [6, 6.07) is 4.02. The normalized spacial score (nSPS) is 11.8. The maximum Gasteiger partial charge on any atom is 0.306 e. The molecule has 0 spiro atoms. The molecule has 0 unspecified atom stereocenters. The average Bonchev–Trinajstić information content (AvgIpc) is 2.36. The first-order valence-corrected chi connectivity index (χ1v) is 7.68. The van der Waals surface area contributed by atoms with Crippen molar-refractivity contribution >= 4 is 5.97 Å². The number of aromatic hydroxyl groups is 1. The smallest absolute Gasteiger partial charge is 0.306 e. The zero-order valence-corrected chi connectivity index (χ0v) is 14.1. The highest BCUT2D eigenvalue weighted by molar-refractivity contribution is 5.69. The maximum atomic E-state index is 11.5. The van der Waals surface area contributed by atoms with Crippen molar-refractivity contribution in [3.63, 3.8) is 0 Å². The minimum absolute atomic E-state index is 0.131. The van der Waals surface area contributed by atoms with Crippen LogP contribution in [0.15, 0.2) is 12.1 Å². The molecule has 1 aromatic rings. The molecule has 0 aliphatic rings. The van der Waals surface area contributed by atoms with Crippen LogP contribution in [0.3, 0.4) is 0 Å². The Morgan fingerprint density at radius 2 is 1.90 bits per heavy atom. The van der Waals surface area contributed by atoms with E-state index < -0.39 is 0 Å². The van der Waals surface area contributed by atoms with Crippen molar-refractivity contribution in [2.24, 2.45) is 0 Å². The Balaban J connectivity index is 3.10. The number of rotatable bonds is 5. The van der Waals surface area contributed by atoms with Gasteiger partial charge in [-0.25, -0.2) is 0 Å². The predicted octanol–water partition coefficient (Wildman–Crippen LogP) is 4.31. The van der Waals surface area contributed by atoms with Gasteiger partial charge in [0, 0.05) is 6.42 Å². The molecular weight excluding hydrogens is 264 g/mol. The Hall–Kier alpha value is -1.51. The number of phenolic OH excluding ortho intramolecular Hbond substituents is 1. The third kappa shape index (κ3) is 4.76. The molecule has 0 aliphatic carbocycles. The summed E-state index contributed by atoms with van der Waals surface area (Å²) in [6.07, 6.45) is 1.02. The van der Waals surface area contributed by atoms with E-state index in [9.17, 15) is 9.90 Å². The van der Waals surface area contributed by atoms with Gasteiger partial charge in [0.1, 0.15) is 5.75 Å². The molecule has 1 rings (SSSR count). The van der Waals surface area contributed by atoms with Gasteiger partial charge in [0.15, 0.2) is 0 Å². The van der Waals surface area contributed by atoms with Gasteiger partial charge in [0.25, 0.3) is 0 Å². The molecule has 0 bridgehead atoms. The number of aryl methyl sites for hydroxylation is 1. The molecule has 0 saturated heterocycles. The van der Waals surface area contributed by atoms with Crippen LogP contribution < -0.4 is 0 Å². The molecule has 0 aliphatic heterocycles. The zero-order valence-electron chi connectivity index (χ0n) is 14.1. The summed E-state index contributed by atoms with van der Waals surface area (Å²) in [7, 11) is 0. The number of phenols is 1. The summed E-state index contributed by atoms with van der Waals surface area (Å²) in [5.74, 6) is 0.458. The lowest BCUT2D eigenvalue weighted by Gasteiger charge is -2.24. The predicted molar refractivity (Wildman–Crippen MR) is 85.8 cm³/mol. The number of benzene rings is 1. The van der Waals surface area contributed by atoms with Gasteiger partial charge in [0.05, 0.1) is 6.61 Å². The summed E-state index contributed by atoms with van der Waals surface area (Å²) in [6.45, 7) is 12.6. The van der Waals surface area contributed by atoms with Crippen molar-refractivity contribution < 1.29 is 14.6 Å². The standard InChI is InChI=1S/C18H28O3/c1-7-21-16(19)9-8-13-10-14(12(2)3)17(20)15(11-13)18(4,5)6/h10-12,20H,7-9H2,1-6H3. The lowest BCUT2D eigenvalue weighted by molar-refractivity contribution is -0.143. The molecule has 0 radical (unpaired) electrons. The third-order valence-corrected chi connectivity index (χ3v) is 3.55. The molecule has 0 heterocycles. The Morgan fingerprint density at radius 1 is 1.29 bits per heavy atom. The molecular formula is C18H28O3. The van der Waals surface area contributed by atoms with Crippen molar-refractivity contribution in [2.75, 3.05) is 6.61 Å². The van der Waals surface area contributed by atoms with Crippen molar-refractivity contribution in [1.82, 2.24) is 0 Å². The quantitative estimate of drug-likeness (QED) is 0.823. The molecule has 118 valence electrons. The van der Waals surface area contributed by atoms with Crippen molar-refractivity contribution in [1.29, 1.82) is 0 Å². The number of esters is 1. The van der Waals surface area contributed by atoms with Crippen LogP contribution in [0.25, 0.3) is 0 Å². The van der Waals surface area contributed by atoms with E-state index in [2.05, 4.69) is 34.6 Å². The van der Waals surface area contributed by atoms with Crippen LogP contribution in [0.1, 0.15) is 70.6 Å². The molecule has 0 saturated carbocycles. The molecule has 3 heteroatoms. The van der Waals surface area contributed by atoms with Crippen LogP contribution in [0, 0.1) is 0 Å². The van der Waals surface area contributed by atoms with E-state index in [1.807, 2.05) is 19.1 Å². The Kier molecular flexibility index (Phi) is 5.82. The SMILES string of the molecule is CCOC(=O)CCc1cc(C(C)C)c(O)c(C(C)(C)C)c1. The van der Waals surface area contributed by atoms with Crippen LogP contribution in [0.5, 0.6) is 5.75 Å². The van der Waals surface area contributed by atoms with E-state index in [1.165, 1.54) is 0 Å². The number of hydrogen-bond donors (Lipinski definition) is 1. The van der Waals surface area contributed by atoms with E-state index in [-0.39, 0.29) is 17.3 Å². The fraction of sp³-hybridized carbons (Fsp3) is 0.611. The lowest BCUT2D eigenvalue weighted by atomic mass is 9.82. The van der Waals surface area contributed by atoms with Crippen LogP contribution in [0.2, 0.25) is 0 Å². The Morgan fingerprint density at radius 3 is 2.38 bits per heavy atom. The highest BCUT2D eigenvalue weighted by Crippen LogP contribution is 2.37. The van der Waals surface area contributed by atoms with E-state index >= 15 is 0 Å². The van der Waals surface area contributed by atoms with Gasteiger partial charge in [-0.05, 0) is 41.4 Å². The van der Waals surface area contributed by atoms with Gasteiger partial charge in [-0.3, -0.25) is 4.79 Å². The Bertz CT molecular complexity index is 496. The van der Waals surface area contributed by atoms with E-state index in [0.717, 1.165) is 16.7 Å². The molecule has 21 heavy (non-hydrogen) atoms. The second kappa shape index (κ2) is 6.97. The number of hydrogen-bond acceptors (Lipinski definition) is 3. The summed E-state index contributed by atoms with van der Waals surface area (Å²) >= 11 is 0. The van der Waals surface area contributed by atoms with Gasteiger partial charge in [0.2, 0.25) is 0 Å². The highest BCUT2D eigenvalue weighted by atomic mass is 16.5. The van der Waals surface area contributed by atoms with Gasteiger partial charge >= 0.3 is 5.97 Å². The van der Waals surface area contributed by atoms with Gasteiger partial charge in [-0.2, -0.15) is 0 Å². The van der Waals surface area contributed by atoms with E-state index in [4.69, 9.17) is 4.74 Å². The minimum atomic E-state index is -0.172. The van der Waals surface area contributed by atoms with E-state index in [1.54, 1.807) is 0 Å².